The Hall–Kier alpha value is -1.21. The zero-order chi connectivity index (χ0) is 15.0. The van der Waals surface area contributed by atoms with Gasteiger partial charge in [0.1, 0.15) is 5.75 Å². The van der Waals surface area contributed by atoms with Crippen molar-refractivity contribution in [1.82, 2.24) is 0 Å². The van der Waals surface area contributed by atoms with E-state index < -0.39 is 0 Å². The number of hydrogen-bond donors (Lipinski definition) is 0. The van der Waals surface area contributed by atoms with Gasteiger partial charge in [-0.25, -0.2) is 0 Å². The molecule has 0 bridgehead atoms. The first-order valence-corrected chi connectivity index (χ1v) is 8.18. The van der Waals surface area contributed by atoms with E-state index in [-0.39, 0.29) is 5.38 Å². The predicted octanol–water partition coefficient (Wildman–Crippen LogP) is 5.95. The van der Waals surface area contributed by atoms with Crippen LogP contribution < -0.4 is 4.74 Å². The van der Waals surface area contributed by atoms with Crippen LogP contribution in [-0.2, 0) is 0 Å². The van der Waals surface area contributed by atoms with Crippen molar-refractivity contribution >= 4 is 22.4 Å². The number of benzene rings is 2. The fourth-order valence-electron chi connectivity index (χ4n) is 3.83. The normalized spacial score (nSPS) is 22.4. The van der Waals surface area contributed by atoms with Gasteiger partial charge in [0.2, 0.25) is 0 Å². The van der Waals surface area contributed by atoms with E-state index in [1.165, 1.54) is 30.2 Å². The van der Waals surface area contributed by atoms with Gasteiger partial charge in [-0.2, -0.15) is 0 Å². The Balaban J connectivity index is 2.09. The highest BCUT2D eigenvalue weighted by molar-refractivity contribution is 6.22. The average molecular weight is 303 g/mol. The van der Waals surface area contributed by atoms with Crippen molar-refractivity contribution in [3.05, 3.63) is 42.0 Å². The van der Waals surface area contributed by atoms with E-state index >= 15 is 0 Å². The molecule has 0 amide bonds. The molecule has 0 spiro atoms. The van der Waals surface area contributed by atoms with E-state index in [4.69, 9.17) is 16.3 Å². The standard InChI is InChI=1S/C19H23ClO/c1-19(2)12-6-9-16(19)18(20)15-10-11-17(21-3)14-8-5-4-7-13(14)15/h4-5,7-8,10-11,16,18H,6,9,12H2,1-3H3. The van der Waals surface area contributed by atoms with Crippen LogP contribution >= 0.6 is 11.6 Å². The van der Waals surface area contributed by atoms with Crippen molar-refractivity contribution in [1.29, 1.82) is 0 Å². The highest BCUT2D eigenvalue weighted by Gasteiger charge is 2.39. The smallest absolute Gasteiger partial charge is 0.126 e. The minimum Gasteiger partial charge on any atom is -0.496 e. The quantitative estimate of drug-likeness (QED) is 0.636. The summed E-state index contributed by atoms with van der Waals surface area (Å²) in [6.07, 6.45) is 3.78. The maximum absolute atomic E-state index is 6.93. The van der Waals surface area contributed by atoms with E-state index in [1.807, 2.05) is 0 Å². The molecule has 0 saturated heterocycles. The monoisotopic (exact) mass is 302 g/mol. The molecule has 3 rings (SSSR count). The van der Waals surface area contributed by atoms with Crippen LogP contribution in [0.15, 0.2) is 36.4 Å². The second-order valence-electron chi connectivity index (χ2n) is 6.79. The Morgan fingerprint density at radius 2 is 1.86 bits per heavy atom. The van der Waals surface area contributed by atoms with E-state index in [2.05, 4.69) is 50.2 Å². The molecular weight excluding hydrogens is 280 g/mol. The van der Waals surface area contributed by atoms with Gasteiger partial charge in [-0.05, 0) is 41.2 Å². The van der Waals surface area contributed by atoms with Gasteiger partial charge in [-0.1, -0.05) is 50.6 Å². The lowest BCUT2D eigenvalue weighted by Gasteiger charge is -2.31. The topological polar surface area (TPSA) is 9.23 Å². The van der Waals surface area contributed by atoms with Crippen molar-refractivity contribution < 1.29 is 4.74 Å². The number of methoxy groups -OCH3 is 1. The Kier molecular flexibility index (Phi) is 3.88. The summed E-state index contributed by atoms with van der Waals surface area (Å²) in [5.74, 6) is 1.46. The van der Waals surface area contributed by atoms with Crippen LogP contribution in [0.3, 0.4) is 0 Å². The first-order chi connectivity index (χ1) is 10.0. The van der Waals surface area contributed by atoms with Crippen LogP contribution in [0, 0.1) is 11.3 Å². The van der Waals surface area contributed by atoms with Gasteiger partial charge < -0.3 is 4.74 Å². The summed E-state index contributed by atoms with van der Waals surface area (Å²) in [5.41, 5.74) is 1.57. The molecule has 1 saturated carbocycles. The second-order valence-corrected chi connectivity index (χ2v) is 7.26. The van der Waals surface area contributed by atoms with Gasteiger partial charge in [0, 0.05) is 5.39 Å². The van der Waals surface area contributed by atoms with Crippen LogP contribution in [0.2, 0.25) is 0 Å². The van der Waals surface area contributed by atoms with Crippen LogP contribution in [0.1, 0.15) is 44.1 Å². The molecule has 0 radical (unpaired) electrons. The summed E-state index contributed by atoms with van der Waals surface area (Å²) >= 11 is 6.93. The molecule has 2 aromatic carbocycles. The first-order valence-electron chi connectivity index (χ1n) is 7.74. The van der Waals surface area contributed by atoms with E-state index in [0.29, 0.717) is 11.3 Å². The van der Waals surface area contributed by atoms with Gasteiger partial charge in [-0.15, -0.1) is 11.6 Å². The Bertz CT molecular complexity index is 647. The highest BCUT2D eigenvalue weighted by Crippen LogP contribution is 2.52. The summed E-state index contributed by atoms with van der Waals surface area (Å²) in [5, 5.41) is 2.44. The third kappa shape index (κ3) is 2.53. The predicted molar refractivity (Wildman–Crippen MR) is 90.2 cm³/mol. The number of rotatable bonds is 3. The first kappa shape index (κ1) is 14.7. The molecule has 0 aliphatic heterocycles. The minimum absolute atomic E-state index is 0.0679. The number of alkyl halides is 1. The number of fused-ring (bicyclic) bond motifs is 1. The summed E-state index contributed by atoms with van der Waals surface area (Å²) < 4.78 is 5.49. The van der Waals surface area contributed by atoms with E-state index in [1.54, 1.807) is 7.11 Å². The molecule has 1 aliphatic rings. The minimum atomic E-state index is 0.0679. The molecule has 1 aliphatic carbocycles. The summed E-state index contributed by atoms with van der Waals surface area (Å²) in [6, 6.07) is 12.6. The van der Waals surface area contributed by atoms with Gasteiger partial charge >= 0.3 is 0 Å². The Morgan fingerprint density at radius 3 is 2.48 bits per heavy atom. The summed E-state index contributed by atoms with van der Waals surface area (Å²) in [6.45, 7) is 4.71. The number of halogens is 1. The fourth-order valence-corrected chi connectivity index (χ4v) is 4.48. The molecule has 21 heavy (non-hydrogen) atoms. The van der Waals surface area contributed by atoms with Crippen LogP contribution in [0.5, 0.6) is 5.75 Å². The Morgan fingerprint density at radius 1 is 1.14 bits per heavy atom. The van der Waals surface area contributed by atoms with Crippen LogP contribution in [0.4, 0.5) is 0 Å². The molecular formula is C19H23ClO. The van der Waals surface area contributed by atoms with Gasteiger partial charge in [0.25, 0.3) is 0 Å². The molecule has 2 aromatic rings. The Labute approximate surface area is 132 Å². The highest BCUT2D eigenvalue weighted by atomic mass is 35.5. The lowest BCUT2D eigenvalue weighted by Crippen LogP contribution is -2.21. The molecule has 112 valence electrons. The maximum Gasteiger partial charge on any atom is 0.126 e. The van der Waals surface area contributed by atoms with E-state index in [9.17, 15) is 0 Å². The molecule has 2 atom stereocenters. The van der Waals surface area contributed by atoms with Crippen LogP contribution in [-0.4, -0.2) is 7.11 Å². The number of hydrogen-bond acceptors (Lipinski definition) is 1. The molecule has 0 aromatic heterocycles. The largest absolute Gasteiger partial charge is 0.496 e. The van der Waals surface area contributed by atoms with Crippen LogP contribution in [0.25, 0.3) is 10.8 Å². The average Bonchev–Trinajstić information content (AvgIpc) is 2.85. The number of ether oxygens (including phenoxy) is 1. The van der Waals surface area contributed by atoms with Crippen molar-refractivity contribution in [3.8, 4) is 5.75 Å². The van der Waals surface area contributed by atoms with E-state index in [0.717, 1.165) is 11.1 Å². The van der Waals surface area contributed by atoms with Gasteiger partial charge in [0.05, 0.1) is 12.5 Å². The summed E-state index contributed by atoms with van der Waals surface area (Å²) in [4.78, 5) is 0. The summed E-state index contributed by atoms with van der Waals surface area (Å²) in [7, 11) is 1.72. The van der Waals surface area contributed by atoms with Crippen molar-refractivity contribution in [2.75, 3.05) is 7.11 Å². The van der Waals surface area contributed by atoms with Crippen molar-refractivity contribution in [2.24, 2.45) is 11.3 Å². The third-order valence-electron chi connectivity index (χ3n) is 5.13. The fraction of sp³-hybridized carbons (Fsp3) is 0.474. The lowest BCUT2D eigenvalue weighted by atomic mass is 9.77. The third-order valence-corrected chi connectivity index (χ3v) is 5.67. The molecule has 1 fully saturated rings. The van der Waals surface area contributed by atoms with Gasteiger partial charge in [-0.3, -0.25) is 0 Å². The maximum atomic E-state index is 6.93. The molecule has 1 nitrogen and oxygen atoms in total. The van der Waals surface area contributed by atoms with Gasteiger partial charge in [0.15, 0.2) is 0 Å². The molecule has 0 N–H and O–H groups in total. The molecule has 2 heteroatoms. The molecule has 2 unspecified atom stereocenters. The lowest BCUT2D eigenvalue weighted by molar-refractivity contribution is 0.252. The zero-order valence-electron chi connectivity index (χ0n) is 13.0. The zero-order valence-corrected chi connectivity index (χ0v) is 13.8. The SMILES string of the molecule is COc1ccc(C(Cl)C2CCCC2(C)C)c2ccccc12. The van der Waals surface area contributed by atoms with Crippen molar-refractivity contribution in [2.45, 2.75) is 38.5 Å². The van der Waals surface area contributed by atoms with Crippen molar-refractivity contribution in [3.63, 3.8) is 0 Å². The molecule has 0 heterocycles. The second kappa shape index (κ2) is 5.53.